The van der Waals surface area contributed by atoms with Gasteiger partial charge < -0.3 is 19.7 Å². The number of rotatable bonds is 7. The lowest BCUT2D eigenvalue weighted by Gasteiger charge is -2.23. The van der Waals surface area contributed by atoms with E-state index in [1.54, 1.807) is 17.9 Å². The van der Waals surface area contributed by atoms with Crippen molar-refractivity contribution in [2.75, 3.05) is 32.6 Å². The van der Waals surface area contributed by atoms with Gasteiger partial charge in [-0.1, -0.05) is 0 Å². The minimum Gasteiger partial charge on any atom is -0.481 e. The topological polar surface area (TPSA) is 76.6 Å². The summed E-state index contributed by atoms with van der Waals surface area (Å²) in [6.07, 6.45) is 0. The SMILES string of the molecule is CCN(CC)C(=O)C(C)Nc1nc(OC)cc(OC)n1. The zero-order chi connectivity index (χ0) is 15.1. The van der Waals surface area contributed by atoms with Crippen LogP contribution in [0.5, 0.6) is 11.8 Å². The summed E-state index contributed by atoms with van der Waals surface area (Å²) in [5, 5.41) is 2.97. The van der Waals surface area contributed by atoms with Gasteiger partial charge in [-0.3, -0.25) is 4.79 Å². The number of nitrogens with zero attached hydrogens (tertiary/aromatic N) is 3. The molecule has 1 amide bonds. The summed E-state index contributed by atoms with van der Waals surface area (Å²) < 4.78 is 10.1. The van der Waals surface area contributed by atoms with Gasteiger partial charge in [0.25, 0.3) is 0 Å². The highest BCUT2D eigenvalue weighted by atomic mass is 16.5. The zero-order valence-electron chi connectivity index (χ0n) is 12.6. The van der Waals surface area contributed by atoms with Crippen LogP contribution in [-0.2, 0) is 4.79 Å². The summed E-state index contributed by atoms with van der Waals surface area (Å²) in [5.41, 5.74) is 0. The molecule has 1 aromatic rings. The number of methoxy groups -OCH3 is 2. The molecule has 7 nitrogen and oxygen atoms in total. The average molecular weight is 282 g/mol. The Morgan fingerprint density at radius 1 is 1.25 bits per heavy atom. The van der Waals surface area contributed by atoms with Gasteiger partial charge in [-0.15, -0.1) is 0 Å². The molecule has 20 heavy (non-hydrogen) atoms. The van der Waals surface area contributed by atoms with Crippen molar-refractivity contribution in [1.82, 2.24) is 14.9 Å². The normalized spacial score (nSPS) is 11.7. The Morgan fingerprint density at radius 2 is 1.75 bits per heavy atom. The fraction of sp³-hybridized carbons (Fsp3) is 0.615. The van der Waals surface area contributed by atoms with E-state index in [0.29, 0.717) is 30.8 Å². The number of ether oxygens (including phenoxy) is 2. The summed E-state index contributed by atoms with van der Waals surface area (Å²) in [7, 11) is 3.02. The highest BCUT2D eigenvalue weighted by molar-refractivity contribution is 5.83. The second kappa shape index (κ2) is 7.52. The van der Waals surface area contributed by atoms with Crippen LogP contribution in [0.25, 0.3) is 0 Å². The van der Waals surface area contributed by atoms with E-state index in [2.05, 4.69) is 15.3 Å². The molecule has 0 aliphatic rings. The van der Waals surface area contributed by atoms with Crippen LogP contribution in [0.1, 0.15) is 20.8 Å². The molecule has 1 atom stereocenters. The van der Waals surface area contributed by atoms with Crippen LogP contribution in [-0.4, -0.2) is 54.1 Å². The van der Waals surface area contributed by atoms with Crippen molar-refractivity contribution in [2.45, 2.75) is 26.8 Å². The maximum absolute atomic E-state index is 12.2. The van der Waals surface area contributed by atoms with Crippen LogP contribution < -0.4 is 14.8 Å². The predicted molar refractivity (Wildman–Crippen MR) is 76.1 cm³/mol. The van der Waals surface area contributed by atoms with Crippen LogP contribution in [0.4, 0.5) is 5.95 Å². The second-order valence-corrected chi connectivity index (χ2v) is 4.15. The molecule has 0 aromatic carbocycles. The van der Waals surface area contributed by atoms with E-state index in [4.69, 9.17) is 9.47 Å². The van der Waals surface area contributed by atoms with Crippen LogP contribution in [0, 0.1) is 0 Å². The average Bonchev–Trinajstić information content (AvgIpc) is 2.47. The van der Waals surface area contributed by atoms with E-state index < -0.39 is 6.04 Å². The van der Waals surface area contributed by atoms with Gasteiger partial charge in [-0.05, 0) is 20.8 Å². The van der Waals surface area contributed by atoms with Crippen molar-refractivity contribution >= 4 is 11.9 Å². The van der Waals surface area contributed by atoms with Crippen molar-refractivity contribution in [3.8, 4) is 11.8 Å². The maximum atomic E-state index is 12.2. The number of anilines is 1. The lowest BCUT2D eigenvalue weighted by Crippen LogP contribution is -2.41. The third kappa shape index (κ3) is 3.97. The van der Waals surface area contributed by atoms with Crippen molar-refractivity contribution < 1.29 is 14.3 Å². The Labute approximate surface area is 119 Å². The van der Waals surface area contributed by atoms with Crippen molar-refractivity contribution in [1.29, 1.82) is 0 Å². The Hall–Kier alpha value is -2.05. The third-order valence-corrected chi connectivity index (χ3v) is 2.89. The fourth-order valence-corrected chi connectivity index (χ4v) is 1.74. The summed E-state index contributed by atoms with van der Waals surface area (Å²) in [6, 6.07) is 1.15. The fourth-order valence-electron chi connectivity index (χ4n) is 1.74. The second-order valence-electron chi connectivity index (χ2n) is 4.15. The van der Waals surface area contributed by atoms with Crippen LogP contribution in [0.2, 0.25) is 0 Å². The number of likely N-dealkylation sites (N-methyl/N-ethyl adjacent to an activating group) is 1. The highest BCUT2D eigenvalue weighted by Crippen LogP contribution is 2.17. The van der Waals surface area contributed by atoms with E-state index in [-0.39, 0.29) is 5.91 Å². The molecule has 0 saturated heterocycles. The first-order valence-corrected chi connectivity index (χ1v) is 6.58. The largest absolute Gasteiger partial charge is 0.481 e. The first-order valence-electron chi connectivity index (χ1n) is 6.58. The van der Waals surface area contributed by atoms with Crippen molar-refractivity contribution in [3.63, 3.8) is 0 Å². The number of hydrogen-bond acceptors (Lipinski definition) is 6. The molecule has 1 aromatic heterocycles. The molecule has 7 heteroatoms. The smallest absolute Gasteiger partial charge is 0.244 e. The summed E-state index contributed by atoms with van der Waals surface area (Å²) in [4.78, 5) is 22.2. The predicted octanol–water partition coefficient (Wildman–Crippen LogP) is 1.16. The Balaban J connectivity index is 2.84. The number of carbonyl (C=O) groups excluding carboxylic acids is 1. The van der Waals surface area contributed by atoms with Gasteiger partial charge in [-0.2, -0.15) is 9.97 Å². The summed E-state index contributed by atoms with van der Waals surface area (Å²) in [5.74, 6) is 1.05. The minimum absolute atomic E-state index is 0.000358. The number of carbonyl (C=O) groups is 1. The van der Waals surface area contributed by atoms with E-state index in [9.17, 15) is 4.79 Å². The van der Waals surface area contributed by atoms with Gasteiger partial charge in [-0.25, -0.2) is 0 Å². The van der Waals surface area contributed by atoms with Gasteiger partial charge in [0, 0.05) is 13.1 Å². The molecular weight excluding hydrogens is 260 g/mol. The molecule has 0 saturated carbocycles. The number of hydrogen-bond donors (Lipinski definition) is 1. The molecule has 0 radical (unpaired) electrons. The van der Waals surface area contributed by atoms with Crippen molar-refractivity contribution in [3.05, 3.63) is 6.07 Å². The highest BCUT2D eigenvalue weighted by Gasteiger charge is 2.19. The van der Waals surface area contributed by atoms with Crippen molar-refractivity contribution in [2.24, 2.45) is 0 Å². The van der Waals surface area contributed by atoms with E-state index in [0.717, 1.165) is 0 Å². The van der Waals surface area contributed by atoms with Gasteiger partial charge in [0.05, 0.1) is 20.3 Å². The lowest BCUT2D eigenvalue weighted by atomic mass is 10.3. The monoisotopic (exact) mass is 282 g/mol. The van der Waals surface area contributed by atoms with Gasteiger partial charge in [0.1, 0.15) is 6.04 Å². The third-order valence-electron chi connectivity index (χ3n) is 2.89. The molecule has 112 valence electrons. The number of aromatic nitrogens is 2. The van der Waals surface area contributed by atoms with Crippen LogP contribution in [0.3, 0.4) is 0 Å². The quantitative estimate of drug-likeness (QED) is 0.809. The molecule has 1 rings (SSSR count). The molecule has 0 fully saturated rings. The maximum Gasteiger partial charge on any atom is 0.244 e. The van der Waals surface area contributed by atoms with Gasteiger partial charge >= 0.3 is 0 Å². The molecule has 0 aliphatic heterocycles. The van der Waals surface area contributed by atoms with E-state index >= 15 is 0 Å². The van der Waals surface area contributed by atoms with Gasteiger partial charge in [0.15, 0.2) is 0 Å². The Bertz CT molecular complexity index is 427. The Morgan fingerprint density at radius 3 is 2.15 bits per heavy atom. The lowest BCUT2D eigenvalue weighted by molar-refractivity contribution is -0.131. The van der Waals surface area contributed by atoms with Crippen LogP contribution in [0.15, 0.2) is 6.07 Å². The van der Waals surface area contributed by atoms with E-state index in [1.165, 1.54) is 14.2 Å². The zero-order valence-corrected chi connectivity index (χ0v) is 12.6. The Kier molecular flexibility index (Phi) is 6.02. The summed E-state index contributed by atoms with van der Waals surface area (Å²) in [6.45, 7) is 7.00. The molecule has 0 aliphatic carbocycles. The summed E-state index contributed by atoms with van der Waals surface area (Å²) >= 11 is 0. The van der Waals surface area contributed by atoms with Gasteiger partial charge in [0.2, 0.25) is 23.6 Å². The molecule has 0 bridgehead atoms. The first-order chi connectivity index (χ1) is 9.55. The number of amides is 1. The molecule has 1 N–H and O–H groups in total. The standard InChI is InChI=1S/C13H22N4O3/c1-6-17(7-2)12(18)9(3)14-13-15-10(19-4)8-11(16-13)20-5/h8-9H,6-7H2,1-5H3,(H,14,15,16). The molecule has 0 spiro atoms. The minimum atomic E-state index is -0.424. The first kappa shape index (κ1) is 16.0. The number of nitrogens with one attached hydrogen (secondary N) is 1. The molecular formula is C13H22N4O3. The molecule has 1 unspecified atom stereocenters. The van der Waals surface area contributed by atoms with E-state index in [1.807, 2.05) is 13.8 Å². The molecule has 1 heterocycles. The van der Waals surface area contributed by atoms with Crippen LogP contribution >= 0.6 is 0 Å².